The van der Waals surface area contributed by atoms with Crippen molar-refractivity contribution in [1.29, 1.82) is 0 Å². The van der Waals surface area contributed by atoms with E-state index in [1.165, 1.54) is 0 Å². The van der Waals surface area contributed by atoms with E-state index in [4.69, 9.17) is 4.74 Å². The van der Waals surface area contributed by atoms with Gasteiger partial charge >= 0.3 is 0 Å². The highest BCUT2D eigenvalue weighted by atomic mass is 32.2. The molecular weight excluding hydrogens is 550 g/mol. The van der Waals surface area contributed by atoms with Crippen molar-refractivity contribution in [2.75, 3.05) is 44.8 Å². The van der Waals surface area contributed by atoms with Crippen LogP contribution in [0.5, 0.6) is 5.75 Å². The van der Waals surface area contributed by atoms with Gasteiger partial charge in [0.1, 0.15) is 11.8 Å². The second kappa shape index (κ2) is 14.1. The lowest BCUT2D eigenvalue weighted by atomic mass is 9.65. The van der Waals surface area contributed by atoms with Gasteiger partial charge < -0.3 is 24.5 Å². The Balaban J connectivity index is 1.75. The number of aliphatic hydroxyl groups is 1. The molecule has 0 radical (unpaired) electrons. The number of unbranched alkanes of at least 4 members (excludes halogenated alkanes) is 3. The van der Waals surface area contributed by atoms with Gasteiger partial charge in [-0.05, 0) is 55.9 Å². The van der Waals surface area contributed by atoms with E-state index in [1.54, 1.807) is 40.8 Å². The summed E-state index contributed by atoms with van der Waals surface area (Å²) in [7, 11) is 1.60. The van der Waals surface area contributed by atoms with E-state index in [0.29, 0.717) is 37.6 Å². The molecule has 0 saturated carbocycles. The molecule has 3 heterocycles. The third kappa shape index (κ3) is 5.74. The molecule has 2 bridgehead atoms. The van der Waals surface area contributed by atoms with Crippen LogP contribution in [0.25, 0.3) is 0 Å². The summed E-state index contributed by atoms with van der Waals surface area (Å²) in [4.78, 5) is 48.7. The second-order valence-electron chi connectivity index (χ2n) is 11.7. The molecule has 3 amide bonds. The summed E-state index contributed by atoms with van der Waals surface area (Å²) in [6, 6.07) is 6.69. The molecule has 3 unspecified atom stereocenters. The lowest BCUT2D eigenvalue weighted by molar-refractivity contribution is -0.144. The Bertz CT molecular complexity index is 1140. The molecule has 0 aromatic heterocycles. The minimum absolute atomic E-state index is 0.00136. The molecule has 1 spiro atoms. The molecule has 1 aromatic carbocycles. The van der Waals surface area contributed by atoms with E-state index in [9.17, 15) is 19.5 Å². The van der Waals surface area contributed by atoms with E-state index in [1.807, 2.05) is 36.1 Å². The molecule has 42 heavy (non-hydrogen) atoms. The average molecular weight is 598 g/mol. The zero-order valence-electron chi connectivity index (χ0n) is 25.4. The largest absolute Gasteiger partial charge is 0.497 e. The molecule has 8 nitrogen and oxygen atoms in total. The monoisotopic (exact) mass is 597 g/mol. The van der Waals surface area contributed by atoms with Gasteiger partial charge in [-0.25, -0.2) is 0 Å². The Kier molecular flexibility index (Phi) is 10.8. The number of thioether (sulfide) groups is 1. The van der Waals surface area contributed by atoms with Crippen LogP contribution in [-0.4, -0.2) is 88.6 Å². The predicted molar refractivity (Wildman–Crippen MR) is 169 cm³/mol. The van der Waals surface area contributed by atoms with Crippen LogP contribution in [0.2, 0.25) is 0 Å². The van der Waals surface area contributed by atoms with Crippen molar-refractivity contribution in [3.05, 3.63) is 49.6 Å². The third-order valence-electron chi connectivity index (χ3n) is 9.19. The fourth-order valence-electron chi connectivity index (χ4n) is 7.36. The topological polar surface area (TPSA) is 90.4 Å². The van der Waals surface area contributed by atoms with E-state index in [2.05, 4.69) is 20.1 Å². The van der Waals surface area contributed by atoms with Crippen molar-refractivity contribution in [2.24, 2.45) is 17.8 Å². The fraction of sp³-hybridized carbons (Fsp3) is 0.606. The molecule has 3 aliphatic heterocycles. The number of aliphatic hydroxyl groups excluding tert-OH is 1. The summed E-state index contributed by atoms with van der Waals surface area (Å²) in [5.41, 5.74) is 0.717. The van der Waals surface area contributed by atoms with E-state index >= 15 is 0 Å². The first kappa shape index (κ1) is 32.1. The molecular formula is C33H47N3O5S. The minimum atomic E-state index is -0.684. The van der Waals surface area contributed by atoms with Crippen LogP contribution in [-0.2, 0) is 14.4 Å². The number of methoxy groups -OCH3 is 1. The zero-order valence-corrected chi connectivity index (χ0v) is 26.2. The number of likely N-dealkylation sites (tertiary alicyclic amines) is 1. The third-order valence-corrected chi connectivity index (χ3v) is 11.3. The van der Waals surface area contributed by atoms with Crippen molar-refractivity contribution in [3.8, 4) is 5.75 Å². The summed E-state index contributed by atoms with van der Waals surface area (Å²) < 4.78 is 4.65. The lowest BCUT2D eigenvalue weighted by Crippen LogP contribution is -2.57. The summed E-state index contributed by atoms with van der Waals surface area (Å²) in [6.07, 6.45) is 8.25. The van der Waals surface area contributed by atoms with E-state index in [-0.39, 0.29) is 35.5 Å². The van der Waals surface area contributed by atoms with Crippen molar-refractivity contribution in [1.82, 2.24) is 9.80 Å². The Morgan fingerprint density at radius 3 is 2.43 bits per heavy atom. The molecule has 3 saturated heterocycles. The standard InChI is InChI=1S/C33H47N3O5S/c1-6-17-34(18-7-2)30(38)27-26-22-23(4)33(42-26)28(27)31(39)36(20-11-9-10-12-21-37)29(33)32(40)35(19-8-3)24-13-15-25(41-5)16-14-24/h6,8,13-16,23,26-29,37H,1,3,7,9-12,17-22H2,2,4-5H3/t23?,26-,27+,28+,29?,33?/m1/s1. The Morgan fingerprint density at radius 1 is 1.12 bits per heavy atom. The minimum Gasteiger partial charge on any atom is -0.497 e. The summed E-state index contributed by atoms with van der Waals surface area (Å²) >= 11 is 1.71. The second-order valence-corrected chi connectivity index (χ2v) is 13.3. The lowest BCUT2D eigenvalue weighted by Gasteiger charge is -2.41. The normalized spacial score (nSPS) is 27.6. The maximum atomic E-state index is 14.8. The number of ether oxygens (including phenoxy) is 1. The Morgan fingerprint density at radius 2 is 1.81 bits per heavy atom. The average Bonchev–Trinajstić information content (AvgIpc) is 3.58. The maximum Gasteiger partial charge on any atom is 0.251 e. The van der Waals surface area contributed by atoms with Crippen molar-refractivity contribution in [2.45, 2.75) is 68.4 Å². The SMILES string of the molecule is C=CCN(CCC)C(=O)[C@@H]1[C@H]2C(=O)N(CCCCCCO)C(C(=O)N(CC=C)c3ccc(OC)cc3)C23S[C@@H]1CC3C. The van der Waals surface area contributed by atoms with Crippen LogP contribution in [0.4, 0.5) is 5.69 Å². The Hall–Kier alpha value is -2.78. The van der Waals surface area contributed by atoms with Gasteiger partial charge in [-0.2, -0.15) is 0 Å². The summed E-state index contributed by atoms with van der Waals surface area (Å²) in [6.45, 7) is 13.9. The number of hydrogen-bond donors (Lipinski definition) is 1. The van der Waals surface area contributed by atoms with Crippen LogP contribution in [0.3, 0.4) is 0 Å². The molecule has 1 N–H and O–H groups in total. The smallest absolute Gasteiger partial charge is 0.251 e. The summed E-state index contributed by atoms with van der Waals surface area (Å²) in [5.74, 6) is -0.390. The first-order valence-electron chi connectivity index (χ1n) is 15.4. The van der Waals surface area contributed by atoms with Gasteiger partial charge in [-0.15, -0.1) is 24.9 Å². The molecule has 1 aromatic rings. The van der Waals surface area contributed by atoms with Gasteiger partial charge in [0, 0.05) is 43.7 Å². The van der Waals surface area contributed by atoms with Gasteiger partial charge in [-0.3, -0.25) is 14.4 Å². The van der Waals surface area contributed by atoms with Gasteiger partial charge in [-0.1, -0.05) is 38.8 Å². The van der Waals surface area contributed by atoms with Crippen molar-refractivity contribution >= 4 is 35.2 Å². The predicted octanol–water partition coefficient (Wildman–Crippen LogP) is 4.53. The van der Waals surface area contributed by atoms with Crippen LogP contribution in [0.15, 0.2) is 49.6 Å². The number of nitrogens with zero attached hydrogens (tertiary/aromatic N) is 3. The number of hydrogen-bond acceptors (Lipinski definition) is 6. The van der Waals surface area contributed by atoms with Gasteiger partial charge in [0.2, 0.25) is 11.8 Å². The van der Waals surface area contributed by atoms with E-state index in [0.717, 1.165) is 38.5 Å². The summed E-state index contributed by atoms with van der Waals surface area (Å²) in [5, 5.41) is 9.22. The van der Waals surface area contributed by atoms with E-state index < -0.39 is 22.6 Å². The number of anilines is 1. The Labute approximate surface area is 255 Å². The van der Waals surface area contributed by atoms with Crippen LogP contribution in [0, 0.1) is 17.8 Å². The van der Waals surface area contributed by atoms with Crippen molar-refractivity contribution < 1.29 is 24.2 Å². The van der Waals surface area contributed by atoms with Crippen LogP contribution in [0.1, 0.15) is 52.4 Å². The van der Waals surface area contributed by atoms with Crippen LogP contribution >= 0.6 is 11.8 Å². The van der Waals surface area contributed by atoms with Gasteiger partial charge in [0.25, 0.3) is 5.91 Å². The molecule has 4 rings (SSSR count). The molecule has 230 valence electrons. The maximum absolute atomic E-state index is 14.8. The quantitative estimate of drug-likeness (QED) is 0.223. The van der Waals surface area contributed by atoms with Crippen LogP contribution < -0.4 is 9.64 Å². The molecule has 6 atom stereocenters. The molecule has 9 heteroatoms. The van der Waals surface area contributed by atoms with Crippen molar-refractivity contribution in [3.63, 3.8) is 0 Å². The van der Waals surface area contributed by atoms with Gasteiger partial charge in [0.15, 0.2) is 0 Å². The highest BCUT2D eigenvalue weighted by Gasteiger charge is 2.76. The first-order chi connectivity index (χ1) is 20.3. The highest BCUT2D eigenvalue weighted by Crippen LogP contribution is 2.69. The molecule has 3 aliphatic rings. The number of amides is 3. The highest BCUT2D eigenvalue weighted by molar-refractivity contribution is 8.02. The first-order valence-corrected chi connectivity index (χ1v) is 16.2. The zero-order chi connectivity index (χ0) is 30.4. The molecule has 0 aliphatic carbocycles. The number of carbonyl (C=O) groups is 3. The molecule has 3 fully saturated rings. The fourth-order valence-corrected chi connectivity index (χ4v) is 9.77. The number of rotatable bonds is 16. The number of fused-ring (bicyclic) bond motifs is 1. The number of carbonyl (C=O) groups excluding carboxylic acids is 3. The van der Waals surface area contributed by atoms with Gasteiger partial charge in [0.05, 0.1) is 23.7 Å². The number of benzene rings is 1.